The highest BCUT2D eigenvalue weighted by atomic mass is 16.1. The van der Waals surface area contributed by atoms with Crippen molar-refractivity contribution in [3.05, 3.63) is 23.8 Å². The summed E-state index contributed by atoms with van der Waals surface area (Å²) in [5.41, 5.74) is 1.33. The van der Waals surface area contributed by atoms with Gasteiger partial charge in [0, 0.05) is 5.56 Å². The number of terminal acetylenes is 1. The molecular weight excluding hydrogens is 240 g/mol. The predicted molar refractivity (Wildman–Crippen MR) is 73.5 cm³/mol. The van der Waals surface area contributed by atoms with E-state index in [4.69, 9.17) is 6.42 Å². The van der Waals surface area contributed by atoms with Gasteiger partial charge in [-0.15, -0.1) is 6.42 Å². The molecule has 1 amide bonds. The Kier molecular flexibility index (Phi) is 3.52. The maximum absolute atomic E-state index is 12.2. The van der Waals surface area contributed by atoms with E-state index >= 15 is 0 Å². The lowest BCUT2D eigenvalue weighted by molar-refractivity contribution is 0.0916. The van der Waals surface area contributed by atoms with Crippen LogP contribution in [0.2, 0.25) is 0 Å². The fraction of sp³-hybridized carbons (Fsp3) is 0.357. The summed E-state index contributed by atoms with van der Waals surface area (Å²) in [7, 11) is 0. The molecule has 19 heavy (non-hydrogen) atoms. The van der Waals surface area contributed by atoms with Crippen LogP contribution in [0.5, 0.6) is 0 Å². The smallest absolute Gasteiger partial charge is 0.252 e. The van der Waals surface area contributed by atoms with Crippen molar-refractivity contribution < 1.29 is 4.79 Å². The van der Waals surface area contributed by atoms with Gasteiger partial charge in [-0.25, -0.2) is 0 Å². The van der Waals surface area contributed by atoms with Gasteiger partial charge in [0.15, 0.2) is 0 Å². The minimum absolute atomic E-state index is 0.188. The van der Waals surface area contributed by atoms with E-state index in [2.05, 4.69) is 26.6 Å². The molecule has 0 atom stereocenters. The molecular formula is C14H16N4O. The highest BCUT2D eigenvalue weighted by molar-refractivity contribution is 5.97. The molecule has 0 aliphatic heterocycles. The van der Waals surface area contributed by atoms with Crippen molar-refractivity contribution in [2.45, 2.75) is 32.2 Å². The van der Waals surface area contributed by atoms with Gasteiger partial charge in [0.2, 0.25) is 0 Å². The van der Waals surface area contributed by atoms with Crippen LogP contribution in [0.4, 0.5) is 0 Å². The van der Waals surface area contributed by atoms with Gasteiger partial charge in [0.05, 0.1) is 0 Å². The van der Waals surface area contributed by atoms with Gasteiger partial charge in [-0.1, -0.05) is 19.8 Å². The number of nitrogens with one attached hydrogen (secondary N) is 2. The fourth-order valence-electron chi connectivity index (χ4n) is 1.94. The molecule has 0 saturated carbocycles. The van der Waals surface area contributed by atoms with E-state index in [9.17, 15) is 4.79 Å². The number of aromatic amines is 1. The molecule has 5 nitrogen and oxygen atoms in total. The van der Waals surface area contributed by atoms with Gasteiger partial charge < -0.3 is 5.32 Å². The van der Waals surface area contributed by atoms with Gasteiger partial charge >= 0.3 is 0 Å². The van der Waals surface area contributed by atoms with Crippen molar-refractivity contribution in [3.8, 4) is 12.3 Å². The maximum atomic E-state index is 12.2. The Morgan fingerprint density at radius 1 is 1.37 bits per heavy atom. The Bertz CT molecular complexity index is 634. The molecule has 1 aromatic heterocycles. The first kappa shape index (κ1) is 13.1. The minimum atomic E-state index is -0.587. The van der Waals surface area contributed by atoms with E-state index in [0.717, 1.165) is 5.52 Å². The lowest BCUT2D eigenvalue weighted by Crippen LogP contribution is -2.46. The molecule has 0 aliphatic rings. The van der Waals surface area contributed by atoms with Crippen molar-refractivity contribution in [2.24, 2.45) is 0 Å². The van der Waals surface area contributed by atoms with Crippen LogP contribution in [0.15, 0.2) is 18.2 Å². The van der Waals surface area contributed by atoms with Crippen LogP contribution in [-0.2, 0) is 0 Å². The number of nitrogens with zero attached hydrogens (tertiary/aromatic N) is 2. The van der Waals surface area contributed by atoms with Gasteiger partial charge in [-0.3, -0.25) is 4.79 Å². The number of carbonyl (C=O) groups is 1. The summed E-state index contributed by atoms with van der Waals surface area (Å²) < 4.78 is 0. The van der Waals surface area contributed by atoms with E-state index in [1.54, 1.807) is 18.2 Å². The molecule has 1 heterocycles. The summed E-state index contributed by atoms with van der Waals surface area (Å²) in [5, 5.41) is 13.3. The zero-order valence-electron chi connectivity index (χ0n) is 11.0. The number of amides is 1. The Hall–Kier alpha value is -2.35. The summed E-state index contributed by atoms with van der Waals surface area (Å²) in [6, 6.07) is 5.16. The highest BCUT2D eigenvalue weighted by Gasteiger charge is 2.25. The summed E-state index contributed by atoms with van der Waals surface area (Å²) in [6.07, 6.45) is 6.92. The molecule has 98 valence electrons. The van der Waals surface area contributed by atoms with Crippen molar-refractivity contribution in [3.63, 3.8) is 0 Å². The van der Waals surface area contributed by atoms with Crippen LogP contribution in [0.25, 0.3) is 11.0 Å². The van der Waals surface area contributed by atoms with Crippen molar-refractivity contribution in [2.75, 3.05) is 0 Å². The third-order valence-corrected chi connectivity index (χ3v) is 3.41. The topological polar surface area (TPSA) is 70.7 Å². The minimum Gasteiger partial charge on any atom is -0.336 e. The van der Waals surface area contributed by atoms with Crippen LogP contribution in [0.3, 0.4) is 0 Å². The van der Waals surface area contributed by atoms with Crippen LogP contribution in [0, 0.1) is 12.3 Å². The molecule has 1 aromatic carbocycles. The third kappa shape index (κ3) is 2.43. The number of carbonyl (C=O) groups excluding carboxylic acids is 1. The standard InChI is InChI=1S/C14H16N4O/c1-4-14(5-2,6-3)15-13(19)10-7-8-11-12(9-10)17-18-16-11/h1,7-9H,5-6H2,2-3H3,(H,15,19)(H,16,17,18). The largest absolute Gasteiger partial charge is 0.336 e. The molecule has 0 unspecified atom stereocenters. The van der Waals surface area contributed by atoms with Gasteiger partial charge in [0.1, 0.15) is 16.6 Å². The van der Waals surface area contributed by atoms with E-state index < -0.39 is 5.54 Å². The fourth-order valence-corrected chi connectivity index (χ4v) is 1.94. The second-order valence-corrected chi connectivity index (χ2v) is 4.41. The van der Waals surface area contributed by atoms with Crippen molar-refractivity contribution in [1.29, 1.82) is 0 Å². The van der Waals surface area contributed by atoms with Crippen LogP contribution in [-0.4, -0.2) is 26.9 Å². The first-order chi connectivity index (χ1) is 9.14. The second kappa shape index (κ2) is 5.11. The molecule has 0 fully saturated rings. The number of hydrogen-bond acceptors (Lipinski definition) is 3. The average Bonchev–Trinajstić information content (AvgIpc) is 2.92. The Morgan fingerprint density at radius 2 is 2.05 bits per heavy atom. The Labute approximate surface area is 111 Å². The molecule has 5 heteroatoms. The molecule has 0 radical (unpaired) electrons. The SMILES string of the molecule is C#CC(CC)(CC)NC(=O)c1ccc2n[nH]nc2c1. The third-order valence-electron chi connectivity index (χ3n) is 3.41. The van der Waals surface area contributed by atoms with E-state index in [1.807, 2.05) is 13.8 Å². The number of aromatic nitrogens is 3. The van der Waals surface area contributed by atoms with E-state index in [-0.39, 0.29) is 5.91 Å². The van der Waals surface area contributed by atoms with E-state index in [1.165, 1.54) is 0 Å². The highest BCUT2D eigenvalue weighted by Crippen LogP contribution is 2.16. The zero-order valence-corrected chi connectivity index (χ0v) is 11.0. The lowest BCUT2D eigenvalue weighted by Gasteiger charge is -2.27. The molecule has 2 N–H and O–H groups in total. The van der Waals surface area contributed by atoms with Crippen LogP contribution >= 0.6 is 0 Å². The molecule has 0 saturated heterocycles. The van der Waals surface area contributed by atoms with Crippen molar-refractivity contribution >= 4 is 16.9 Å². The molecule has 2 rings (SSSR count). The van der Waals surface area contributed by atoms with Gasteiger partial charge in [-0.2, -0.15) is 15.4 Å². The summed E-state index contributed by atoms with van der Waals surface area (Å²) in [4.78, 5) is 12.2. The first-order valence-electron chi connectivity index (χ1n) is 6.25. The summed E-state index contributed by atoms with van der Waals surface area (Å²) in [5.74, 6) is 2.49. The zero-order chi connectivity index (χ0) is 13.9. The van der Waals surface area contributed by atoms with Crippen molar-refractivity contribution in [1.82, 2.24) is 20.7 Å². The number of fused-ring (bicyclic) bond motifs is 1. The quantitative estimate of drug-likeness (QED) is 0.820. The second-order valence-electron chi connectivity index (χ2n) is 4.41. The molecule has 2 aromatic rings. The Morgan fingerprint density at radius 3 is 2.68 bits per heavy atom. The monoisotopic (exact) mass is 256 g/mol. The van der Waals surface area contributed by atoms with Gasteiger partial charge in [-0.05, 0) is 31.0 Å². The van der Waals surface area contributed by atoms with Crippen LogP contribution < -0.4 is 5.32 Å². The van der Waals surface area contributed by atoms with Gasteiger partial charge in [0.25, 0.3) is 5.91 Å². The number of hydrogen-bond donors (Lipinski definition) is 2. The molecule has 0 aliphatic carbocycles. The predicted octanol–water partition coefficient (Wildman–Crippen LogP) is 1.88. The average molecular weight is 256 g/mol. The number of rotatable bonds is 4. The van der Waals surface area contributed by atoms with E-state index in [0.29, 0.717) is 23.9 Å². The molecule has 0 spiro atoms. The van der Waals surface area contributed by atoms with Crippen LogP contribution in [0.1, 0.15) is 37.0 Å². The maximum Gasteiger partial charge on any atom is 0.252 e. The lowest BCUT2D eigenvalue weighted by atomic mass is 9.93. The molecule has 0 bridgehead atoms. The summed E-state index contributed by atoms with van der Waals surface area (Å²) in [6.45, 7) is 3.93. The number of H-pyrrole nitrogens is 1. The Balaban J connectivity index is 2.26. The normalized spacial score (nSPS) is 11.2. The number of benzene rings is 1. The summed E-state index contributed by atoms with van der Waals surface area (Å²) >= 11 is 0. The first-order valence-corrected chi connectivity index (χ1v) is 6.25.